The van der Waals surface area contributed by atoms with Crippen LogP contribution in [0, 0.1) is 12.8 Å². The van der Waals surface area contributed by atoms with Gasteiger partial charge in [0.05, 0.1) is 34.4 Å². The summed E-state index contributed by atoms with van der Waals surface area (Å²) in [6, 6.07) is 14.7. The van der Waals surface area contributed by atoms with Crippen LogP contribution in [0.2, 0.25) is 0 Å². The third-order valence-corrected chi connectivity index (χ3v) is 7.58. The van der Waals surface area contributed by atoms with Gasteiger partial charge in [-0.25, -0.2) is 19.9 Å². The fourth-order valence-corrected chi connectivity index (χ4v) is 5.26. The molecule has 40 heavy (non-hydrogen) atoms. The van der Waals surface area contributed by atoms with Crippen molar-refractivity contribution in [1.29, 1.82) is 0 Å². The average molecular weight is 559 g/mol. The second-order valence-corrected chi connectivity index (χ2v) is 10.3. The number of carbonyl (C=O) groups excluding carboxylic acids is 2. The van der Waals surface area contributed by atoms with Crippen molar-refractivity contribution in [3.8, 4) is 27.8 Å². The quantitative estimate of drug-likeness (QED) is 0.316. The molecule has 1 aromatic carbocycles. The van der Waals surface area contributed by atoms with E-state index in [4.69, 9.17) is 14.8 Å². The average Bonchev–Trinajstić information content (AvgIpc) is 3.63. The molecule has 3 aromatic heterocycles. The minimum atomic E-state index is -0.907. The van der Waals surface area contributed by atoms with Gasteiger partial charge in [-0.05, 0) is 43.7 Å². The van der Waals surface area contributed by atoms with Crippen molar-refractivity contribution in [2.45, 2.75) is 20.0 Å². The molecule has 0 aliphatic carbocycles. The number of pyridine rings is 1. The number of thiazole rings is 1. The molecule has 2 amide bonds. The fraction of sp³-hybridized carbons (Fsp3) is 0.250. The lowest BCUT2D eigenvalue weighted by Crippen LogP contribution is -2.39. The van der Waals surface area contributed by atoms with E-state index in [2.05, 4.69) is 20.3 Å². The van der Waals surface area contributed by atoms with Gasteiger partial charge in [-0.1, -0.05) is 18.2 Å². The Morgan fingerprint density at radius 3 is 2.52 bits per heavy atom. The Morgan fingerprint density at radius 1 is 1.05 bits per heavy atom. The Hall–Kier alpha value is -4.71. The number of likely N-dealkylation sites (tertiary alicyclic amines) is 1. The Labute approximate surface area is 233 Å². The number of hydrogen-bond acceptors (Lipinski definition) is 9. The predicted molar refractivity (Wildman–Crippen MR) is 147 cm³/mol. The van der Waals surface area contributed by atoms with Crippen molar-refractivity contribution in [2.24, 2.45) is 5.92 Å². The van der Waals surface area contributed by atoms with E-state index in [1.54, 1.807) is 42.7 Å². The maximum atomic E-state index is 12.6. The SMILES string of the molecule is Cc1nc(COc2ncccn2)sc1-c1cccc(-c2ccc(C(=O)NCC(=O)N3CCC(C(=O)O)C3)cc2)n1. The molecule has 1 fully saturated rings. The van der Waals surface area contributed by atoms with Gasteiger partial charge in [-0.15, -0.1) is 11.3 Å². The summed E-state index contributed by atoms with van der Waals surface area (Å²) in [6.45, 7) is 2.55. The first-order valence-electron chi connectivity index (χ1n) is 12.6. The molecule has 0 bridgehead atoms. The number of ether oxygens (including phenoxy) is 1. The fourth-order valence-electron chi connectivity index (χ4n) is 4.31. The van der Waals surface area contributed by atoms with Crippen LogP contribution in [0.4, 0.5) is 0 Å². The normalized spacial score (nSPS) is 14.6. The zero-order valence-electron chi connectivity index (χ0n) is 21.6. The van der Waals surface area contributed by atoms with Gasteiger partial charge in [0.15, 0.2) is 0 Å². The minimum absolute atomic E-state index is 0.170. The molecule has 1 aliphatic heterocycles. The number of carboxylic acid groups (broad SMARTS) is 1. The monoisotopic (exact) mass is 558 g/mol. The van der Waals surface area contributed by atoms with Gasteiger partial charge in [-0.3, -0.25) is 14.4 Å². The topological polar surface area (TPSA) is 148 Å². The van der Waals surface area contributed by atoms with Crippen LogP contribution in [0.1, 0.15) is 27.5 Å². The number of carboxylic acids is 1. The molecule has 4 aromatic rings. The lowest BCUT2D eigenvalue weighted by molar-refractivity contribution is -0.141. The summed E-state index contributed by atoms with van der Waals surface area (Å²) in [5, 5.41) is 12.5. The number of aromatic nitrogens is 4. The first-order valence-corrected chi connectivity index (χ1v) is 13.4. The molecule has 1 saturated heterocycles. The molecule has 5 rings (SSSR count). The van der Waals surface area contributed by atoms with Crippen LogP contribution >= 0.6 is 11.3 Å². The van der Waals surface area contributed by atoms with Crippen LogP contribution in [0.3, 0.4) is 0 Å². The third kappa shape index (κ3) is 6.29. The molecule has 1 atom stereocenters. The molecule has 0 spiro atoms. The van der Waals surface area contributed by atoms with Gasteiger partial charge in [0.2, 0.25) is 5.91 Å². The summed E-state index contributed by atoms with van der Waals surface area (Å²) in [5.41, 5.74) is 3.60. The van der Waals surface area contributed by atoms with Crippen molar-refractivity contribution in [2.75, 3.05) is 19.6 Å². The number of benzene rings is 1. The van der Waals surface area contributed by atoms with Crippen molar-refractivity contribution in [3.05, 3.63) is 77.2 Å². The van der Waals surface area contributed by atoms with E-state index < -0.39 is 11.9 Å². The number of carbonyl (C=O) groups is 3. The summed E-state index contributed by atoms with van der Waals surface area (Å²) in [5.74, 6) is -2.14. The lowest BCUT2D eigenvalue weighted by Gasteiger charge is -2.16. The van der Waals surface area contributed by atoms with E-state index in [-0.39, 0.29) is 31.5 Å². The predicted octanol–water partition coefficient (Wildman–Crippen LogP) is 3.21. The van der Waals surface area contributed by atoms with Crippen LogP contribution in [-0.2, 0) is 16.2 Å². The van der Waals surface area contributed by atoms with Gasteiger partial charge in [0.25, 0.3) is 5.91 Å². The number of rotatable bonds is 9. The molecular formula is C28H26N6O5S. The summed E-state index contributed by atoms with van der Waals surface area (Å²) < 4.78 is 5.62. The maximum absolute atomic E-state index is 12.6. The second kappa shape index (κ2) is 12.0. The third-order valence-electron chi connectivity index (χ3n) is 6.42. The molecule has 2 N–H and O–H groups in total. The van der Waals surface area contributed by atoms with E-state index in [1.807, 2.05) is 25.1 Å². The van der Waals surface area contributed by atoms with Crippen molar-refractivity contribution < 1.29 is 24.2 Å². The first kappa shape index (κ1) is 26.9. The molecule has 0 saturated carbocycles. The van der Waals surface area contributed by atoms with E-state index in [0.717, 1.165) is 32.5 Å². The standard InChI is InChI=1S/C28H26N6O5S/c1-17-25(40-23(32-17)16-39-28-29-11-3-12-30-28)22-5-2-4-21(33-22)18-6-8-19(9-7-18)26(36)31-14-24(35)34-13-10-20(15-34)27(37)38/h2-9,11-12,20H,10,13-16H2,1H3,(H,31,36)(H,37,38). The largest absolute Gasteiger partial charge is 0.481 e. The first-order chi connectivity index (χ1) is 19.4. The van der Waals surface area contributed by atoms with E-state index >= 15 is 0 Å². The molecule has 12 heteroatoms. The highest BCUT2D eigenvalue weighted by Gasteiger charge is 2.30. The second-order valence-electron chi connectivity index (χ2n) is 9.17. The van der Waals surface area contributed by atoms with Crippen LogP contribution in [-0.4, -0.2) is 67.4 Å². The van der Waals surface area contributed by atoms with Crippen molar-refractivity contribution >= 4 is 29.1 Å². The van der Waals surface area contributed by atoms with Gasteiger partial charge in [-0.2, -0.15) is 0 Å². The molecule has 1 unspecified atom stereocenters. The molecule has 1 aliphatic rings. The van der Waals surface area contributed by atoms with Crippen molar-refractivity contribution in [1.82, 2.24) is 30.2 Å². The lowest BCUT2D eigenvalue weighted by atomic mass is 10.1. The Balaban J connectivity index is 1.20. The summed E-state index contributed by atoms with van der Waals surface area (Å²) >= 11 is 1.49. The Morgan fingerprint density at radius 2 is 1.80 bits per heavy atom. The van der Waals surface area contributed by atoms with Crippen LogP contribution in [0.5, 0.6) is 6.01 Å². The van der Waals surface area contributed by atoms with Gasteiger partial charge >= 0.3 is 12.0 Å². The van der Waals surface area contributed by atoms with Gasteiger partial charge < -0.3 is 20.1 Å². The van der Waals surface area contributed by atoms with Crippen LogP contribution < -0.4 is 10.1 Å². The summed E-state index contributed by atoms with van der Waals surface area (Å²) in [7, 11) is 0. The van der Waals surface area contributed by atoms with Crippen LogP contribution in [0.15, 0.2) is 60.9 Å². The summed E-state index contributed by atoms with van der Waals surface area (Å²) in [6.07, 6.45) is 3.66. The molecule has 0 radical (unpaired) electrons. The van der Waals surface area contributed by atoms with E-state index in [1.165, 1.54) is 16.2 Å². The zero-order chi connectivity index (χ0) is 28.1. The highest BCUT2D eigenvalue weighted by Crippen LogP contribution is 2.31. The van der Waals surface area contributed by atoms with Crippen LogP contribution in [0.25, 0.3) is 21.8 Å². The maximum Gasteiger partial charge on any atom is 0.316 e. The van der Waals surface area contributed by atoms with E-state index in [9.17, 15) is 14.4 Å². The number of nitrogens with one attached hydrogen (secondary N) is 1. The Bertz CT molecular complexity index is 1530. The highest BCUT2D eigenvalue weighted by atomic mass is 32.1. The molecule has 4 heterocycles. The smallest absolute Gasteiger partial charge is 0.316 e. The zero-order valence-corrected chi connectivity index (χ0v) is 22.4. The highest BCUT2D eigenvalue weighted by molar-refractivity contribution is 7.15. The van der Waals surface area contributed by atoms with Gasteiger partial charge in [0.1, 0.15) is 11.6 Å². The van der Waals surface area contributed by atoms with E-state index in [0.29, 0.717) is 24.5 Å². The number of nitrogens with zero attached hydrogens (tertiary/aromatic N) is 5. The number of aliphatic carboxylic acids is 1. The number of aryl methyl sites for hydroxylation is 1. The van der Waals surface area contributed by atoms with Crippen molar-refractivity contribution in [3.63, 3.8) is 0 Å². The Kier molecular flexibility index (Phi) is 8.06. The summed E-state index contributed by atoms with van der Waals surface area (Å²) in [4.78, 5) is 56.0. The number of amides is 2. The molecular weight excluding hydrogens is 532 g/mol. The molecule has 11 nitrogen and oxygen atoms in total. The molecule has 204 valence electrons. The minimum Gasteiger partial charge on any atom is -0.481 e. The number of hydrogen-bond donors (Lipinski definition) is 2. The van der Waals surface area contributed by atoms with Gasteiger partial charge in [0, 0.05) is 36.6 Å².